The number of hydrogen-bond donors (Lipinski definition) is 1. The molecule has 0 saturated heterocycles. The van der Waals surface area contributed by atoms with Crippen molar-refractivity contribution in [2.75, 3.05) is 7.11 Å². The molecule has 1 aromatic carbocycles. The van der Waals surface area contributed by atoms with Crippen LogP contribution in [0.2, 0.25) is 4.34 Å². The van der Waals surface area contributed by atoms with Crippen LogP contribution in [0.15, 0.2) is 30.3 Å². The first-order chi connectivity index (χ1) is 8.11. The zero-order valence-corrected chi connectivity index (χ0v) is 10.6. The van der Waals surface area contributed by atoms with Crippen molar-refractivity contribution in [3.05, 3.63) is 50.9 Å². The van der Waals surface area contributed by atoms with Gasteiger partial charge in [-0.3, -0.25) is 0 Å². The molecule has 1 heterocycles. The van der Waals surface area contributed by atoms with Gasteiger partial charge in [-0.25, -0.2) is 4.39 Å². The Morgan fingerprint density at radius 1 is 1.35 bits per heavy atom. The summed E-state index contributed by atoms with van der Waals surface area (Å²) in [5, 5.41) is 10.1. The van der Waals surface area contributed by atoms with E-state index in [1.165, 1.54) is 36.6 Å². The lowest BCUT2D eigenvalue weighted by molar-refractivity contribution is 0.218. The van der Waals surface area contributed by atoms with Gasteiger partial charge in [-0.2, -0.15) is 0 Å². The van der Waals surface area contributed by atoms with E-state index in [4.69, 9.17) is 16.3 Å². The van der Waals surface area contributed by atoms with E-state index in [0.717, 1.165) is 0 Å². The molecule has 0 radical (unpaired) electrons. The van der Waals surface area contributed by atoms with Crippen LogP contribution in [0.5, 0.6) is 5.75 Å². The van der Waals surface area contributed by atoms with Gasteiger partial charge in [-0.1, -0.05) is 11.6 Å². The Labute approximate surface area is 107 Å². The first-order valence-electron chi connectivity index (χ1n) is 4.88. The van der Waals surface area contributed by atoms with Crippen molar-refractivity contribution in [3.8, 4) is 5.75 Å². The molecule has 1 unspecified atom stereocenters. The fourth-order valence-electron chi connectivity index (χ4n) is 1.55. The number of aliphatic hydroxyl groups excluding tert-OH is 1. The monoisotopic (exact) mass is 272 g/mol. The molecular formula is C12H10ClFO2S. The normalized spacial score (nSPS) is 12.5. The van der Waals surface area contributed by atoms with Gasteiger partial charge in [-0.15, -0.1) is 11.3 Å². The zero-order valence-electron chi connectivity index (χ0n) is 8.98. The van der Waals surface area contributed by atoms with Crippen LogP contribution in [0.4, 0.5) is 4.39 Å². The molecule has 2 aromatic rings. The quantitative estimate of drug-likeness (QED) is 0.924. The fraction of sp³-hybridized carbons (Fsp3) is 0.167. The average molecular weight is 273 g/mol. The van der Waals surface area contributed by atoms with Gasteiger partial charge in [0.25, 0.3) is 0 Å². The number of ether oxygens (including phenoxy) is 1. The molecule has 2 rings (SSSR count). The number of methoxy groups -OCH3 is 1. The molecule has 2 nitrogen and oxygen atoms in total. The lowest BCUT2D eigenvalue weighted by atomic mass is 10.1. The van der Waals surface area contributed by atoms with E-state index < -0.39 is 11.9 Å². The number of aliphatic hydroxyl groups is 1. The van der Waals surface area contributed by atoms with Crippen LogP contribution < -0.4 is 4.74 Å². The van der Waals surface area contributed by atoms with Gasteiger partial charge in [-0.05, 0) is 30.3 Å². The molecular weight excluding hydrogens is 263 g/mol. The molecule has 1 aromatic heterocycles. The molecule has 0 aliphatic carbocycles. The second-order valence-corrected chi connectivity index (χ2v) is 5.18. The third kappa shape index (κ3) is 2.60. The van der Waals surface area contributed by atoms with Gasteiger partial charge in [0, 0.05) is 10.4 Å². The van der Waals surface area contributed by atoms with Crippen LogP contribution in [0.1, 0.15) is 16.5 Å². The molecule has 1 N–H and O–H groups in total. The second-order valence-electron chi connectivity index (χ2n) is 3.43. The van der Waals surface area contributed by atoms with Crippen molar-refractivity contribution < 1.29 is 14.2 Å². The lowest BCUT2D eigenvalue weighted by Crippen LogP contribution is -2.01. The number of benzene rings is 1. The highest BCUT2D eigenvalue weighted by Gasteiger charge is 2.18. The van der Waals surface area contributed by atoms with Crippen LogP contribution in [0.3, 0.4) is 0 Å². The molecule has 0 amide bonds. The standard InChI is InChI=1S/C12H10ClFO2S/c1-16-9-3-2-7(14)6-8(9)12(15)10-4-5-11(13)17-10/h2-6,12,15H,1H3. The summed E-state index contributed by atoms with van der Waals surface area (Å²) in [7, 11) is 1.48. The maximum Gasteiger partial charge on any atom is 0.125 e. The van der Waals surface area contributed by atoms with Gasteiger partial charge >= 0.3 is 0 Å². The van der Waals surface area contributed by atoms with E-state index in [9.17, 15) is 9.50 Å². The van der Waals surface area contributed by atoms with E-state index in [0.29, 0.717) is 20.5 Å². The average Bonchev–Trinajstić information content (AvgIpc) is 2.75. The first kappa shape index (κ1) is 12.4. The van der Waals surface area contributed by atoms with Gasteiger partial charge in [0.15, 0.2) is 0 Å². The van der Waals surface area contributed by atoms with Crippen molar-refractivity contribution in [1.29, 1.82) is 0 Å². The van der Waals surface area contributed by atoms with Crippen molar-refractivity contribution >= 4 is 22.9 Å². The summed E-state index contributed by atoms with van der Waals surface area (Å²) >= 11 is 7.05. The van der Waals surface area contributed by atoms with Crippen molar-refractivity contribution in [2.24, 2.45) is 0 Å². The highest BCUT2D eigenvalue weighted by atomic mass is 35.5. The minimum Gasteiger partial charge on any atom is -0.496 e. The zero-order chi connectivity index (χ0) is 12.4. The number of hydrogen-bond acceptors (Lipinski definition) is 3. The first-order valence-corrected chi connectivity index (χ1v) is 6.08. The summed E-state index contributed by atoms with van der Waals surface area (Å²) in [4.78, 5) is 0.652. The highest BCUT2D eigenvalue weighted by molar-refractivity contribution is 7.16. The Balaban J connectivity index is 2.42. The van der Waals surface area contributed by atoms with Gasteiger partial charge in [0.2, 0.25) is 0 Å². The van der Waals surface area contributed by atoms with Crippen molar-refractivity contribution in [2.45, 2.75) is 6.10 Å². The van der Waals surface area contributed by atoms with Crippen LogP contribution in [0.25, 0.3) is 0 Å². The summed E-state index contributed by atoms with van der Waals surface area (Å²) < 4.78 is 18.8. The molecule has 0 fully saturated rings. The maximum absolute atomic E-state index is 13.2. The van der Waals surface area contributed by atoms with E-state index in [1.54, 1.807) is 12.1 Å². The lowest BCUT2D eigenvalue weighted by Gasteiger charge is -2.13. The maximum atomic E-state index is 13.2. The summed E-state index contributed by atoms with van der Waals surface area (Å²) in [6.07, 6.45) is -0.932. The minimum atomic E-state index is -0.932. The van der Waals surface area contributed by atoms with Crippen LogP contribution in [0, 0.1) is 5.82 Å². The summed E-state index contributed by atoms with van der Waals surface area (Å²) in [5.74, 6) is 0.0333. The van der Waals surface area contributed by atoms with E-state index >= 15 is 0 Å². The second kappa shape index (κ2) is 5.04. The Kier molecular flexibility index (Phi) is 3.66. The van der Waals surface area contributed by atoms with Crippen LogP contribution >= 0.6 is 22.9 Å². The Morgan fingerprint density at radius 3 is 2.71 bits per heavy atom. The van der Waals surface area contributed by atoms with Crippen LogP contribution in [-0.4, -0.2) is 12.2 Å². The number of thiophene rings is 1. The predicted molar refractivity (Wildman–Crippen MR) is 66.3 cm³/mol. The Morgan fingerprint density at radius 2 is 2.12 bits per heavy atom. The summed E-state index contributed by atoms with van der Waals surface area (Å²) in [5.41, 5.74) is 0.394. The summed E-state index contributed by atoms with van der Waals surface area (Å²) in [6.45, 7) is 0. The van der Waals surface area contributed by atoms with E-state index in [1.807, 2.05) is 0 Å². The Bertz CT molecular complexity index is 527. The molecule has 1 atom stereocenters. The molecule has 0 bridgehead atoms. The van der Waals surface area contributed by atoms with E-state index in [2.05, 4.69) is 0 Å². The van der Waals surface area contributed by atoms with Crippen molar-refractivity contribution in [3.63, 3.8) is 0 Å². The largest absolute Gasteiger partial charge is 0.496 e. The van der Waals surface area contributed by atoms with Crippen molar-refractivity contribution in [1.82, 2.24) is 0 Å². The number of rotatable bonds is 3. The molecule has 0 aliphatic heterocycles. The smallest absolute Gasteiger partial charge is 0.125 e. The third-order valence-electron chi connectivity index (χ3n) is 2.35. The topological polar surface area (TPSA) is 29.5 Å². The SMILES string of the molecule is COc1ccc(F)cc1C(O)c1ccc(Cl)s1. The van der Waals surface area contributed by atoms with Gasteiger partial charge < -0.3 is 9.84 Å². The fourth-order valence-corrected chi connectivity index (χ4v) is 2.61. The molecule has 5 heteroatoms. The highest BCUT2D eigenvalue weighted by Crippen LogP contribution is 2.35. The Hall–Kier alpha value is -1.10. The third-order valence-corrected chi connectivity index (χ3v) is 3.63. The summed E-state index contributed by atoms with van der Waals surface area (Å²) in [6, 6.07) is 7.44. The van der Waals surface area contributed by atoms with Gasteiger partial charge in [0.05, 0.1) is 11.4 Å². The number of halogens is 2. The molecule has 17 heavy (non-hydrogen) atoms. The molecule has 0 saturated carbocycles. The molecule has 0 aliphatic rings. The minimum absolute atomic E-state index is 0.394. The van der Waals surface area contributed by atoms with E-state index in [-0.39, 0.29) is 0 Å². The molecule has 0 spiro atoms. The van der Waals surface area contributed by atoms with Gasteiger partial charge in [0.1, 0.15) is 17.7 Å². The molecule has 90 valence electrons. The van der Waals surface area contributed by atoms with Crippen LogP contribution in [-0.2, 0) is 0 Å². The predicted octanol–water partition coefficient (Wildman–Crippen LogP) is 3.63.